The van der Waals surface area contributed by atoms with Crippen LogP contribution in [0, 0.1) is 20.8 Å². The minimum absolute atomic E-state index is 1.10. The highest BCUT2D eigenvalue weighted by atomic mass is 14.4. The lowest BCUT2D eigenvalue weighted by Gasteiger charge is -2.35. The molecule has 0 amide bonds. The molecule has 0 heteroatoms. The quantitative estimate of drug-likeness (QED) is 0.0803. The van der Waals surface area contributed by atoms with Gasteiger partial charge in [0.2, 0.25) is 0 Å². The fraction of sp³-hybridized carbons (Fsp3) is 0.0256. The third kappa shape index (κ3) is 13.3. The highest BCUT2D eigenvalue weighted by molar-refractivity contribution is 6.22. The molecule has 0 unspecified atom stereocenters. The van der Waals surface area contributed by atoms with Gasteiger partial charge < -0.3 is 0 Å². The van der Waals surface area contributed by atoms with Crippen LogP contribution < -0.4 is 0 Å². The smallest absolute Gasteiger partial charge is 0.000810 e. The lowest BCUT2D eigenvalue weighted by atomic mass is 9.67. The van der Waals surface area contributed by atoms with Crippen molar-refractivity contribution in [2.24, 2.45) is 0 Å². The molecule has 0 N–H and O–H groups in total. The van der Waals surface area contributed by atoms with Gasteiger partial charge in [0, 0.05) is 0 Å². The Bertz CT molecular complexity index is 5730. The zero-order valence-electron chi connectivity index (χ0n) is 65.8. The van der Waals surface area contributed by atoms with Crippen LogP contribution in [0.4, 0.5) is 0 Å². The van der Waals surface area contributed by atoms with E-state index in [4.69, 9.17) is 0 Å². The van der Waals surface area contributed by atoms with Crippen LogP contribution in [0.5, 0.6) is 0 Å². The fourth-order valence-corrected chi connectivity index (χ4v) is 18.7. The maximum absolute atomic E-state index is 2.49. The van der Waals surface area contributed by atoms with Crippen molar-refractivity contribution in [3.63, 3.8) is 0 Å². The maximum Gasteiger partial charge on any atom is -0.000810 e. The molecule has 0 aromatic heterocycles. The second kappa shape index (κ2) is 32.3. The van der Waals surface area contributed by atoms with Crippen molar-refractivity contribution in [1.29, 1.82) is 0 Å². The van der Waals surface area contributed by atoms with E-state index in [0.29, 0.717) is 0 Å². The summed E-state index contributed by atoms with van der Waals surface area (Å²) in [6.07, 6.45) is 0. The Labute approximate surface area is 688 Å². The number of hydrogen-bond donors (Lipinski definition) is 0. The summed E-state index contributed by atoms with van der Waals surface area (Å²) < 4.78 is 0. The zero-order valence-corrected chi connectivity index (χ0v) is 65.8. The topological polar surface area (TPSA) is 0 Å². The first-order valence-electron chi connectivity index (χ1n) is 40.7. The van der Waals surface area contributed by atoms with E-state index in [9.17, 15) is 0 Å². The van der Waals surface area contributed by atoms with Gasteiger partial charge in [-0.25, -0.2) is 0 Å². The van der Waals surface area contributed by atoms with Crippen LogP contribution in [0.25, 0.3) is 200 Å². The van der Waals surface area contributed by atoms with Crippen LogP contribution in [0.1, 0.15) is 16.7 Å². The zero-order chi connectivity index (χ0) is 78.5. The average Bonchev–Trinajstić information content (AvgIpc) is 0.691. The molecule has 0 saturated heterocycles. The second-order valence-electron chi connectivity index (χ2n) is 30.2. The van der Waals surface area contributed by atoms with Crippen LogP contribution in [0.2, 0.25) is 0 Å². The van der Waals surface area contributed by atoms with Crippen molar-refractivity contribution in [3.05, 3.63) is 472 Å². The molecular formula is C117H84. The molecule has 0 aliphatic heterocycles. The minimum atomic E-state index is 1.10. The molecular weight excluding hydrogens is 1410 g/mol. The first-order valence-corrected chi connectivity index (χ1v) is 40.7. The Balaban J connectivity index is 1.18. The summed E-state index contributed by atoms with van der Waals surface area (Å²) in [6, 6.07) is 170. The Morgan fingerprint density at radius 2 is 0.145 bits per heavy atom. The Hall–Kier alpha value is -14.8. The van der Waals surface area contributed by atoms with E-state index in [1.807, 2.05) is 0 Å². The largest absolute Gasteiger partial charge is 0.0622 e. The van der Waals surface area contributed by atoms with Crippen molar-refractivity contribution >= 4 is 0 Å². The number of benzene rings is 19. The van der Waals surface area contributed by atoms with Gasteiger partial charge in [0.1, 0.15) is 0 Å². The summed E-state index contributed by atoms with van der Waals surface area (Å²) in [5, 5.41) is 0. The van der Waals surface area contributed by atoms with Gasteiger partial charge in [-0.1, -0.05) is 455 Å². The second-order valence-corrected chi connectivity index (χ2v) is 30.2. The van der Waals surface area contributed by atoms with Gasteiger partial charge in [-0.05, 0) is 238 Å². The predicted molar refractivity (Wildman–Crippen MR) is 499 cm³/mol. The highest BCUT2D eigenvalue weighted by Gasteiger charge is 2.39. The SMILES string of the molecule is Cc1c(-c2c(-c3ccccc3)c(-c3ccccc3)c(-c3ccccc3)c(-c3ccccc3)c2-c2ccccc2)c(C)c(-c2c(-c3ccccc3)c(-c3ccccc3)c(-c3ccccc3)c(-c3ccccc3)c2-c2ccccc2)c(C)c1-c1c(-c2ccccc2)c(-c2ccccc2)c(-c2ccccc2)c(-c2ccccc2)c1-c1ccccc1. The molecule has 0 spiro atoms. The van der Waals surface area contributed by atoms with Crippen LogP contribution in [-0.4, -0.2) is 0 Å². The summed E-state index contributed by atoms with van der Waals surface area (Å²) in [5.74, 6) is 0. The molecule has 552 valence electrons. The monoisotopic (exact) mass is 1490 g/mol. The van der Waals surface area contributed by atoms with Gasteiger partial charge in [0.15, 0.2) is 0 Å². The van der Waals surface area contributed by atoms with Crippen molar-refractivity contribution in [2.75, 3.05) is 0 Å². The van der Waals surface area contributed by atoms with Gasteiger partial charge in [-0.2, -0.15) is 0 Å². The van der Waals surface area contributed by atoms with Crippen molar-refractivity contribution in [1.82, 2.24) is 0 Å². The van der Waals surface area contributed by atoms with E-state index in [1.54, 1.807) is 0 Å². The van der Waals surface area contributed by atoms with Gasteiger partial charge in [0.25, 0.3) is 0 Å². The number of rotatable bonds is 18. The van der Waals surface area contributed by atoms with E-state index < -0.39 is 0 Å². The van der Waals surface area contributed by atoms with Crippen LogP contribution in [0.3, 0.4) is 0 Å². The van der Waals surface area contributed by atoms with Crippen LogP contribution in [-0.2, 0) is 0 Å². The van der Waals surface area contributed by atoms with Gasteiger partial charge in [0.05, 0.1) is 0 Å². The van der Waals surface area contributed by atoms with Crippen LogP contribution >= 0.6 is 0 Å². The maximum atomic E-state index is 2.49. The average molecular weight is 1490 g/mol. The molecule has 0 heterocycles. The molecule has 0 nitrogen and oxygen atoms in total. The van der Waals surface area contributed by atoms with E-state index in [2.05, 4.69) is 476 Å². The Kier molecular flexibility index (Phi) is 20.0. The molecule has 0 atom stereocenters. The van der Waals surface area contributed by atoms with E-state index in [1.165, 1.54) is 0 Å². The molecule has 0 saturated carbocycles. The van der Waals surface area contributed by atoms with Crippen molar-refractivity contribution < 1.29 is 0 Å². The summed E-state index contributed by atoms with van der Waals surface area (Å²) in [5.41, 5.74) is 44.0. The standard InChI is InChI=1S/C117H84/c1-79-97(115-109(91-67-37-13-38-68-91)103(85-55-25-7-26-56-85)100(82-49-19-4-20-50-82)104(86-57-27-8-28-58-86)110(115)92-69-39-14-40-70-92)80(2)99(117-113(95-75-45-17-46-76-95)107(89-63-33-11-34-64-89)102(84-53-23-6-24-54-84)108(90-65-35-12-36-66-90)114(117)96-77-47-18-48-78-96)81(3)98(79)116-111(93-71-41-15-42-72-93)105(87-59-29-9-30-60-87)101(83-51-21-5-22-52-83)106(88-61-31-10-32-62-88)112(116)94-73-43-16-44-74-94/h4-78H,1-3H3. The molecule has 19 rings (SSSR count). The first-order chi connectivity index (χ1) is 58.0. The van der Waals surface area contributed by atoms with E-state index in [-0.39, 0.29) is 0 Å². The molecule has 19 aromatic rings. The molecule has 0 aliphatic carbocycles. The highest BCUT2D eigenvalue weighted by Crippen LogP contribution is 2.65. The third-order valence-electron chi connectivity index (χ3n) is 23.4. The van der Waals surface area contributed by atoms with E-state index in [0.717, 1.165) is 217 Å². The van der Waals surface area contributed by atoms with Gasteiger partial charge in [-0.15, -0.1) is 0 Å². The molecule has 19 aromatic carbocycles. The summed E-state index contributed by atoms with van der Waals surface area (Å²) in [6.45, 7) is 7.48. The summed E-state index contributed by atoms with van der Waals surface area (Å²) >= 11 is 0. The van der Waals surface area contributed by atoms with Gasteiger partial charge >= 0.3 is 0 Å². The van der Waals surface area contributed by atoms with Crippen molar-refractivity contribution in [3.8, 4) is 200 Å². The summed E-state index contributed by atoms with van der Waals surface area (Å²) in [7, 11) is 0. The van der Waals surface area contributed by atoms with Crippen molar-refractivity contribution in [2.45, 2.75) is 20.8 Å². The van der Waals surface area contributed by atoms with Gasteiger partial charge in [-0.3, -0.25) is 0 Å². The van der Waals surface area contributed by atoms with E-state index >= 15 is 0 Å². The third-order valence-corrected chi connectivity index (χ3v) is 23.4. The Morgan fingerprint density at radius 3 is 0.222 bits per heavy atom. The molecule has 0 radical (unpaired) electrons. The Morgan fingerprint density at radius 1 is 0.0769 bits per heavy atom. The molecule has 0 bridgehead atoms. The lowest BCUT2D eigenvalue weighted by molar-refractivity contribution is 1.31. The minimum Gasteiger partial charge on any atom is -0.0622 e. The van der Waals surface area contributed by atoms with Crippen LogP contribution in [0.15, 0.2) is 455 Å². The molecule has 0 fully saturated rings. The normalized spacial score (nSPS) is 11.2. The fourth-order valence-electron chi connectivity index (χ4n) is 18.7. The molecule has 0 aliphatic rings. The first kappa shape index (κ1) is 72.4. The molecule has 117 heavy (non-hydrogen) atoms. The lowest BCUT2D eigenvalue weighted by Crippen LogP contribution is -2.10. The number of hydrogen-bond acceptors (Lipinski definition) is 0. The predicted octanol–water partition coefficient (Wildman–Crippen LogP) is 32.6. The summed E-state index contributed by atoms with van der Waals surface area (Å²) in [4.78, 5) is 0.